The molecule has 1 aromatic carbocycles. The van der Waals surface area contributed by atoms with Gasteiger partial charge in [0.25, 0.3) is 0 Å². The molecule has 0 bridgehead atoms. The van der Waals surface area contributed by atoms with Crippen molar-refractivity contribution in [1.29, 1.82) is 0 Å². The standard InChI is InChI=1S/C22H29N2O/c1-23-19-11-7-8-12-20(19)24(2)22(23)18-14-13-17(15-21(18)25-3)16-9-5-4-6-10-16/h4-6,9-10,13-15,17,19-20,22H,7-8,11-12H2,1-3H3/q-1/t17-,19-,20+,22?/m0/s1. The maximum absolute atomic E-state index is 5.84. The van der Waals surface area contributed by atoms with Crippen LogP contribution in [-0.4, -0.2) is 49.3 Å². The van der Waals surface area contributed by atoms with Crippen LogP contribution in [0.1, 0.15) is 37.2 Å². The van der Waals surface area contributed by atoms with Gasteiger partial charge in [-0.1, -0.05) is 48.7 Å². The van der Waals surface area contributed by atoms with Crippen LogP contribution in [-0.2, 0) is 4.74 Å². The monoisotopic (exact) mass is 337 g/mol. The van der Waals surface area contributed by atoms with Gasteiger partial charge in [-0.25, -0.2) is 0 Å². The molecule has 0 amide bonds. The van der Waals surface area contributed by atoms with Gasteiger partial charge in [0.15, 0.2) is 0 Å². The fourth-order valence-electron chi connectivity index (χ4n) is 5.02. The van der Waals surface area contributed by atoms with Gasteiger partial charge in [-0.3, -0.25) is 9.80 Å². The zero-order valence-corrected chi connectivity index (χ0v) is 15.6. The van der Waals surface area contributed by atoms with Crippen LogP contribution >= 0.6 is 0 Å². The van der Waals surface area contributed by atoms with Crippen molar-refractivity contribution in [2.75, 3.05) is 21.2 Å². The van der Waals surface area contributed by atoms with Gasteiger partial charge in [0, 0.05) is 18.2 Å². The lowest BCUT2D eigenvalue weighted by Gasteiger charge is -2.39. The molecule has 1 unspecified atom stereocenters. The molecular weight excluding hydrogens is 308 g/mol. The molecule has 1 aliphatic heterocycles. The number of hydrogen-bond donors (Lipinski definition) is 0. The van der Waals surface area contributed by atoms with E-state index in [9.17, 15) is 0 Å². The third kappa shape index (κ3) is 2.90. The molecule has 1 aromatic rings. The Bertz CT molecular complexity index is 648. The summed E-state index contributed by atoms with van der Waals surface area (Å²) in [5, 5.41) is 0. The fourth-order valence-corrected chi connectivity index (χ4v) is 5.02. The van der Waals surface area contributed by atoms with Crippen molar-refractivity contribution in [3.63, 3.8) is 0 Å². The van der Waals surface area contributed by atoms with E-state index < -0.39 is 0 Å². The fraction of sp³-hybridized carbons (Fsp3) is 0.500. The number of allylic oxidation sites excluding steroid dienone is 2. The Hall–Kier alpha value is -1.71. The topological polar surface area (TPSA) is 15.7 Å². The first-order chi connectivity index (χ1) is 12.2. The Kier molecular flexibility index (Phi) is 4.61. The van der Waals surface area contributed by atoms with Gasteiger partial charge in [0.05, 0.1) is 7.11 Å². The number of likely N-dealkylation sites (N-methyl/N-ethyl adjacent to an activating group) is 2. The minimum atomic E-state index is 0.291. The Morgan fingerprint density at radius 3 is 2.24 bits per heavy atom. The SMILES string of the molecule is COC1=C(C2N(C)[C@@H]3CCCC[C@@H]3N2C)C=C[C@H](c2ccccc2)[CH-]1. The second-order valence-corrected chi connectivity index (χ2v) is 7.61. The second-order valence-electron chi connectivity index (χ2n) is 7.61. The van der Waals surface area contributed by atoms with Crippen molar-refractivity contribution < 1.29 is 4.74 Å². The van der Waals surface area contributed by atoms with E-state index in [-0.39, 0.29) is 0 Å². The lowest BCUT2D eigenvalue weighted by atomic mass is 9.88. The van der Waals surface area contributed by atoms with Crippen LogP contribution < -0.4 is 0 Å². The summed E-state index contributed by atoms with van der Waals surface area (Å²) in [6, 6.07) is 12.0. The number of rotatable bonds is 3. The van der Waals surface area contributed by atoms with Gasteiger partial charge in [-0.15, -0.1) is 17.7 Å². The average molecular weight is 337 g/mol. The first-order valence-electron chi connectivity index (χ1n) is 9.50. The number of methoxy groups -OCH3 is 1. The van der Waals surface area contributed by atoms with Crippen LogP contribution in [0.15, 0.2) is 53.8 Å². The molecule has 3 heteroatoms. The number of benzene rings is 1. The zero-order valence-electron chi connectivity index (χ0n) is 15.6. The highest BCUT2D eigenvalue weighted by atomic mass is 16.5. The molecule has 4 rings (SSSR count). The van der Waals surface area contributed by atoms with Crippen LogP contribution in [0, 0.1) is 6.42 Å². The Balaban J connectivity index is 1.61. The van der Waals surface area contributed by atoms with Crippen molar-refractivity contribution in [1.82, 2.24) is 9.80 Å². The van der Waals surface area contributed by atoms with E-state index in [1.54, 1.807) is 7.11 Å². The van der Waals surface area contributed by atoms with Crippen molar-refractivity contribution in [2.24, 2.45) is 0 Å². The number of nitrogens with zero attached hydrogens (tertiary/aromatic N) is 2. The second kappa shape index (κ2) is 6.89. The van der Waals surface area contributed by atoms with Gasteiger partial charge >= 0.3 is 0 Å². The average Bonchev–Trinajstić information content (AvgIpc) is 2.93. The molecule has 134 valence electrons. The molecule has 25 heavy (non-hydrogen) atoms. The van der Waals surface area contributed by atoms with Crippen LogP contribution in [0.3, 0.4) is 0 Å². The maximum atomic E-state index is 5.84. The minimum Gasteiger partial charge on any atom is -0.534 e. The van der Waals surface area contributed by atoms with Crippen molar-refractivity contribution in [3.8, 4) is 0 Å². The van der Waals surface area contributed by atoms with E-state index in [4.69, 9.17) is 4.74 Å². The number of ether oxygens (including phenoxy) is 1. The highest BCUT2D eigenvalue weighted by Crippen LogP contribution is 2.40. The quantitative estimate of drug-likeness (QED) is 0.777. The van der Waals surface area contributed by atoms with Crippen LogP contribution in [0.5, 0.6) is 0 Å². The lowest BCUT2D eigenvalue weighted by molar-refractivity contribution is 0.187. The summed E-state index contributed by atoms with van der Waals surface area (Å²) < 4.78 is 5.84. The summed E-state index contributed by atoms with van der Waals surface area (Å²) in [6.45, 7) is 0. The molecule has 4 atom stereocenters. The highest BCUT2D eigenvalue weighted by molar-refractivity contribution is 5.44. The predicted octanol–water partition coefficient (Wildman–Crippen LogP) is 3.96. The smallest absolute Gasteiger partial charge is 0.0729 e. The summed E-state index contributed by atoms with van der Waals surface area (Å²) in [4.78, 5) is 5.14. The van der Waals surface area contributed by atoms with Crippen LogP contribution in [0.25, 0.3) is 0 Å². The Morgan fingerprint density at radius 2 is 1.64 bits per heavy atom. The third-order valence-corrected chi connectivity index (χ3v) is 6.29. The molecule has 3 aliphatic rings. The Labute approximate surface area is 152 Å². The summed E-state index contributed by atoms with van der Waals surface area (Å²) >= 11 is 0. The predicted molar refractivity (Wildman–Crippen MR) is 102 cm³/mol. The molecule has 2 fully saturated rings. The molecule has 0 spiro atoms. The minimum absolute atomic E-state index is 0.291. The van der Waals surface area contributed by atoms with Crippen LogP contribution in [0.4, 0.5) is 0 Å². The maximum Gasteiger partial charge on any atom is 0.0729 e. The summed E-state index contributed by atoms with van der Waals surface area (Å²) in [6.07, 6.45) is 12.6. The first kappa shape index (κ1) is 16.7. The molecule has 1 saturated heterocycles. The van der Waals surface area contributed by atoms with E-state index in [2.05, 4.69) is 72.8 Å². The zero-order chi connectivity index (χ0) is 17.4. The first-order valence-corrected chi connectivity index (χ1v) is 9.50. The van der Waals surface area contributed by atoms with Crippen LogP contribution in [0.2, 0.25) is 0 Å². The van der Waals surface area contributed by atoms with E-state index in [1.807, 2.05) is 0 Å². The molecule has 0 radical (unpaired) electrons. The normalized spacial score (nSPS) is 33.2. The molecule has 3 nitrogen and oxygen atoms in total. The third-order valence-electron chi connectivity index (χ3n) is 6.29. The number of hydrogen-bond acceptors (Lipinski definition) is 3. The van der Waals surface area contributed by atoms with Crippen molar-refractivity contribution in [3.05, 3.63) is 65.8 Å². The molecule has 1 saturated carbocycles. The molecule has 0 N–H and O–H groups in total. The van der Waals surface area contributed by atoms with Gasteiger partial charge in [0.1, 0.15) is 0 Å². The van der Waals surface area contributed by atoms with E-state index in [0.717, 1.165) is 5.76 Å². The summed E-state index contributed by atoms with van der Waals surface area (Å²) in [5.74, 6) is 1.32. The van der Waals surface area contributed by atoms with Gasteiger partial charge in [-0.05, 0) is 38.6 Å². The molecule has 1 heterocycles. The van der Waals surface area contributed by atoms with Gasteiger partial charge < -0.3 is 4.74 Å². The summed E-state index contributed by atoms with van der Waals surface area (Å²) in [7, 11) is 6.37. The van der Waals surface area contributed by atoms with Crippen molar-refractivity contribution >= 4 is 0 Å². The molecule has 0 aromatic heterocycles. The van der Waals surface area contributed by atoms with Gasteiger partial charge in [0.2, 0.25) is 0 Å². The number of fused-ring (bicyclic) bond motifs is 1. The van der Waals surface area contributed by atoms with Crippen molar-refractivity contribution in [2.45, 2.75) is 49.9 Å². The largest absolute Gasteiger partial charge is 0.534 e. The molecular formula is C22H29N2O-. The lowest BCUT2D eigenvalue weighted by Crippen LogP contribution is -2.39. The summed E-state index contributed by atoms with van der Waals surface area (Å²) in [5.41, 5.74) is 2.61. The Morgan fingerprint density at radius 1 is 1.00 bits per heavy atom. The van der Waals surface area contributed by atoms with E-state index >= 15 is 0 Å². The highest BCUT2D eigenvalue weighted by Gasteiger charge is 2.43. The van der Waals surface area contributed by atoms with E-state index in [1.165, 1.54) is 36.8 Å². The van der Waals surface area contributed by atoms with Gasteiger partial charge in [-0.2, -0.15) is 6.42 Å². The van der Waals surface area contributed by atoms with E-state index in [0.29, 0.717) is 24.2 Å². The molecule has 2 aliphatic carbocycles.